The number of hydrogen-bond donors (Lipinski definition) is 3. The number of benzene rings is 2. The van der Waals surface area contributed by atoms with Crippen molar-refractivity contribution < 1.29 is 9.53 Å². The van der Waals surface area contributed by atoms with E-state index in [2.05, 4.69) is 21.2 Å². The Morgan fingerprint density at radius 3 is 2.21 bits per heavy atom. The molecule has 7 heteroatoms. The second-order valence-electron chi connectivity index (χ2n) is 7.34. The van der Waals surface area contributed by atoms with Crippen molar-refractivity contribution in [3.63, 3.8) is 0 Å². The van der Waals surface area contributed by atoms with E-state index in [1.54, 1.807) is 18.3 Å². The fraction of sp³-hybridized carbons (Fsp3) is 0.286. The summed E-state index contributed by atoms with van der Waals surface area (Å²) in [7, 11) is 0. The van der Waals surface area contributed by atoms with Crippen LogP contribution in [-0.4, -0.2) is 23.0 Å². The predicted octanol–water partition coefficient (Wildman–Crippen LogP) is 4.97. The number of anilines is 2. The van der Waals surface area contributed by atoms with Gasteiger partial charge in [-0.15, -0.1) is 0 Å². The van der Waals surface area contributed by atoms with E-state index in [4.69, 9.17) is 17.0 Å². The lowest BCUT2D eigenvalue weighted by atomic mass is 10.1. The molecule has 0 aromatic heterocycles. The number of aryl methyl sites for hydroxylation is 2. The molecule has 148 valence electrons. The zero-order chi connectivity index (χ0) is 20.7. The van der Waals surface area contributed by atoms with E-state index in [1.165, 1.54) is 0 Å². The molecule has 0 spiro atoms. The van der Waals surface area contributed by atoms with Gasteiger partial charge in [-0.05, 0) is 75.7 Å². The summed E-state index contributed by atoms with van der Waals surface area (Å²) in [5, 5.41) is 10.4. The lowest BCUT2D eigenvalue weighted by Gasteiger charge is -2.19. The van der Waals surface area contributed by atoms with Gasteiger partial charge in [0.25, 0.3) is 0 Å². The quantitative estimate of drug-likeness (QED) is 0.385. The van der Waals surface area contributed by atoms with Gasteiger partial charge in [-0.1, -0.05) is 30.3 Å². The highest BCUT2D eigenvalue weighted by molar-refractivity contribution is 7.80. The molecular weight excluding hydrogens is 372 g/mol. The minimum Gasteiger partial charge on any atom is -0.444 e. The fourth-order valence-corrected chi connectivity index (χ4v) is 2.55. The van der Waals surface area contributed by atoms with Crippen LogP contribution in [0.15, 0.2) is 47.6 Å². The molecule has 0 aliphatic rings. The van der Waals surface area contributed by atoms with Crippen LogP contribution in [0.3, 0.4) is 0 Å². The summed E-state index contributed by atoms with van der Waals surface area (Å²) in [5.41, 5.74) is 6.98. The average molecular weight is 399 g/mol. The summed E-state index contributed by atoms with van der Waals surface area (Å²) < 4.78 is 5.22. The molecule has 0 unspecified atom stereocenters. The van der Waals surface area contributed by atoms with Gasteiger partial charge < -0.3 is 10.1 Å². The first-order valence-corrected chi connectivity index (χ1v) is 9.31. The Balaban J connectivity index is 1.87. The number of hydrogen-bond acceptors (Lipinski definition) is 4. The van der Waals surface area contributed by atoms with Crippen molar-refractivity contribution in [2.75, 3.05) is 10.6 Å². The van der Waals surface area contributed by atoms with Gasteiger partial charge in [0.15, 0.2) is 5.11 Å². The Morgan fingerprint density at radius 2 is 1.64 bits per heavy atom. The normalized spacial score (nSPS) is 11.2. The lowest BCUT2D eigenvalue weighted by molar-refractivity contribution is 0.0636. The Labute approximate surface area is 171 Å². The molecule has 0 aliphatic carbocycles. The number of thiocarbonyl (C=S) groups is 1. The fourth-order valence-electron chi connectivity index (χ4n) is 2.39. The topological polar surface area (TPSA) is 74.8 Å². The predicted molar refractivity (Wildman–Crippen MR) is 119 cm³/mol. The van der Waals surface area contributed by atoms with Gasteiger partial charge in [-0.3, -0.25) is 10.7 Å². The van der Waals surface area contributed by atoms with E-state index in [-0.39, 0.29) is 0 Å². The second kappa shape index (κ2) is 9.32. The molecule has 2 rings (SSSR count). The van der Waals surface area contributed by atoms with Gasteiger partial charge >= 0.3 is 6.09 Å². The smallest absolute Gasteiger partial charge is 0.412 e. The average Bonchev–Trinajstić information content (AvgIpc) is 2.58. The van der Waals surface area contributed by atoms with Crippen molar-refractivity contribution in [2.24, 2.45) is 5.10 Å². The summed E-state index contributed by atoms with van der Waals surface area (Å²) in [4.78, 5) is 11.8. The third kappa shape index (κ3) is 7.00. The molecule has 0 saturated heterocycles. The maximum atomic E-state index is 11.8. The van der Waals surface area contributed by atoms with Crippen molar-refractivity contribution >= 4 is 41.0 Å². The van der Waals surface area contributed by atoms with E-state index < -0.39 is 11.7 Å². The number of rotatable bonds is 4. The number of para-hydroxylation sites is 1. The van der Waals surface area contributed by atoms with Crippen LogP contribution >= 0.6 is 12.2 Å². The van der Waals surface area contributed by atoms with E-state index in [0.29, 0.717) is 10.8 Å². The molecule has 0 bridgehead atoms. The first kappa shape index (κ1) is 21.4. The molecule has 1 amide bonds. The summed E-state index contributed by atoms with van der Waals surface area (Å²) in [5.74, 6) is 0. The number of carbonyl (C=O) groups excluding carboxylic acids is 1. The van der Waals surface area contributed by atoms with E-state index >= 15 is 0 Å². The highest BCUT2D eigenvalue weighted by Gasteiger charge is 2.15. The Bertz CT molecular complexity index is 851. The maximum absolute atomic E-state index is 11.8. The van der Waals surface area contributed by atoms with Gasteiger partial charge in [-0.2, -0.15) is 5.10 Å². The number of ether oxygens (including phenoxy) is 1. The molecule has 6 nitrogen and oxygen atoms in total. The van der Waals surface area contributed by atoms with E-state index in [1.807, 2.05) is 65.0 Å². The van der Waals surface area contributed by atoms with Gasteiger partial charge in [0.05, 0.1) is 6.21 Å². The van der Waals surface area contributed by atoms with Crippen LogP contribution in [0.25, 0.3) is 0 Å². The lowest BCUT2D eigenvalue weighted by Crippen LogP contribution is -2.27. The Morgan fingerprint density at radius 1 is 1.04 bits per heavy atom. The molecule has 0 atom stereocenters. The van der Waals surface area contributed by atoms with Crippen molar-refractivity contribution in [3.8, 4) is 0 Å². The van der Waals surface area contributed by atoms with Gasteiger partial charge in [-0.25, -0.2) is 4.79 Å². The molecule has 0 saturated carbocycles. The highest BCUT2D eigenvalue weighted by atomic mass is 32.1. The highest BCUT2D eigenvalue weighted by Crippen LogP contribution is 2.19. The van der Waals surface area contributed by atoms with E-state index in [9.17, 15) is 4.79 Å². The third-order valence-corrected chi connectivity index (χ3v) is 3.85. The first-order chi connectivity index (χ1) is 13.1. The summed E-state index contributed by atoms with van der Waals surface area (Å²) in [6.07, 6.45) is 1.16. The van der Waals surface area contributed by atoms with Crippen LogP contribution in [0.5, 0.6) is 0 Å². The zero-order valence-corrected chi connectivity index (χ0v) is 17.6. The molecule has 0 radical (unpaired) electrons. The van der Waals surface area contributed by atoms with Crippen LogP contribution < -0.4 is 16.1 Å². The van der Waals surface area contributed by atoms with Crippen LogP contribution in [0.2, 0.25) is 0 Å². The molecule has 28 heavy (non-hydrogen) atoms. The summed E-state index contributed by atoms with van der Waals surface area (Å²) in [6, 6.07) is 13.3. The monoisotopic (exact) mass is 398 g/mol. The SMILES string of the molecule is Cc1cccc(C)c1NC(=S)N/N=C/c1ccc(NC(=O)OC(C)(C)C)cc1. The molecular formula is C21H26N4O2S. The Hall–Kier alpha value is -2.93. The summed E-state index contributed by atoms with van der Waals surface area (Å²) >= 11 is 5.28. The second-order valence-corrected chi connectivity index (χ2v) is 7.75. The van der Waals surface area contributed by atoms with Crippen LogP contribution in [0.4, 0.5) is 16.2 Å². The molecule has 0 heterocycles. The third-order valence-electron chi connectivity index (χ3n) is 3.66. The molecule has 0 fully saturated rings. The zero-order valence-electron chi connectivity index (χ0n) is 16.8. The minimum absolute atomic E-state index is 0.414. The number of nitrogens with zero attached hydrogens (tertiary/aromatic N) is 1. The van der Waals surface area contributed by atoms with Gasteiger partial charge in [0.2, 0.25) is 0 Å². The number of hydrazone groups is 1. The van der Waals surface area contributed by atoms with E-state index in [0.717, 1.165) is 22.4 Å². The van der Waals surface area contributed by atoms with Gasteiger partial charge in [0.1, 0.15) is 5.60 Å². The van der Waals surface area contributed by atoms with Crippen LogP contribution in [0.1, 0.15) is 37.5 Å². The van der Waals surface area contributed by atoms with Gasteiger partial charge in [0, 0.05) is 11.4 Å². The van der Waals surface area contributed by atoms with Crippen molar-refractivity contribution in [1.29, 1.82) is 0 Å². The van der Waals surface area contributed by atoms with Crippen molar-refractivity contribution in [2.45, 2.75) is 40.2 Å². The number of carbonyl (C=O) groups is 1. The molecule has 3 N–H and O–H groups in total. The van der Waals surface area contributed by atoms with Crippen LogP contribution in [-0.2, 0) is 4.74 Å². The summed E-state index contributed by atoms with van der Waals surface area (Å²) in [6.45, 7) is 9.50. The number of amides is 1. The maximum Gasteiger partial charge on any atom is 0.412 e. The van der Waals surface area contributed by atoms with Crippen molar-refractivity contribution in [3.05, 3.63) is 59.2 Å². The van der Waals surface area contributed by atoms with Crippen molar-refractivity contribution in [1.82, 2.24) is 5.43 Å². The standard InChI is InChI=1S/C21H26N4O2S/c1-14-7-6-8-15(2)18(14)24-19(28)25-22-13-16-9-11-17(12-10-16)23-20(26)27-21(3,4)5/h6-13H,1-5H3,(H,23,26)(H2,24,25,28)/b22-13+. The molecule has 2 aromatic carbocycles. The molecule has 0 aliphatic heterocycles. The Kier molecular flexibility index (Phi) is 7.12. The minimum atomic E-state index is -0.536. The first-order valence-electron chi connectivity index (χ1n) is 8.90. The largest absolute Gasteiger partial charge is 0.444 e. The number of nitrogens with one attached hydrogen (secondary N) is 3. The molecule has 2 aromatic rings. The van der Waals surface area contributed by atoms with Crippen LogP contribution in [0, 0.1) is 13.8 Å².